The fourth-order valence-corrected chi connectivity index (χ4v) is 5.77. The Kier molecular flexibility index (Phi) is 5.98. The second kappa shape index (κ2) is 8.45. The van der Waals surface area contributed by atoms with Crippen molar-refractivity contribution in [3.63, 3.8) is 0 Å². The van der Waals surface area contributed by atoms with Crippen molar-refractivity contribution in [2.24, 2.45) is 0 Å². The summed E-state index contributed by atoms with van der Waals surface area (Å²) in [6.45, 7) is 8.77. The van der Waals surface area contributed by atoms with Crippen LogP contribution < -0.4 is 0 Å². The molecule has 1 aliphatic rings. The molecule has 32 heavy (non-hydrogen) atoms. The number of fused-ring (bicyclic) bond motifs is 1. The standard InChI is InChI=1S/C24H27ClN2O4S/c1-13-9-15(11-16(25)10-13)18-20(22(28)29)26-19-17(12-32-21(18)19)14-5-7-27(8-6-14)23(30)31-24(2,3)4/h9-12,14,26H,5-8H2,1-4H3,(H,28,29). The number of nitrogens with one attached hydrogen (secondary N) is 1. The number of aromatic amines is 1. The number of halogens is 1. The molecule has 0 spiro atoms. The number of likely N-dealkylation sites (tertiary alicyclic amines) is 1. The van der Waals surface area contributed by atoms with Gasteiger partial charge in [-0.05, 0) is 80.7 Å². The quantitative estimate of drug-likeness (QED) is 0.444. The highest BCUT2D eigenvalue weighted by atomic mass is 35.5. The molecule has 0 saturated carbocycles. The summed E-state index contributed by atoms with van der Waals surface area (Å²) in [5.74, 6) is -0.747. The van der Waals surface area contributed by atoms with Crippen LogP contribution in [0.5, 0.6) is 0 Å². The van der Waals surface area contributed by atoms with Crippen LogP contribution >= 0.6 is 22.9 Å². The van der Waals surface area contributed by atoms with E-state index in [1.165, 1.54) is 0 Å². The molecule has 3 aromatic rings. The zero-order chi connectivity index (χ0) is 23.2. The second-order valence-electron chi connectivity index (χ2n) is 9.33. The number of benzene rings is 1. The van der Waals surface area contributed by atoms with Gasteiger partial charge < -0.3 is 19.7 Å². The Balaban J connectivity index is 1.64. The number of nitrogens with zero attached hydrogens (tertiary/aromatic N) is 1. The molecule has 2 N–H and O–H groups in total. The predicted molar refractivity (Wildman–Crippen MR) is 128 cm³/mol. The van der Waals surface area contributed by atoms with Gasteiger partial charge in [0.15, 0.2) is 0 Å². The van der Waals surface area contributed by atoms with Gasteiger partial charge in [-0.25, -0.2) is 9.59 Å². The molecule has 1 aromatic carbocycles. The first-order valence-electron chi connectivity index (χ1n) is 10.7. The molecule has 0 bridgehead atoms. The van der Waals surface area contributed by atoms with Crippen molar-refractivity contribution in [1.82, 2.24) is 9.88 Å². The number of ether oxygens (including phenoxy) is 1. The van der Waals surface area contributed by atoms with Gasteiger partial charge in [-0.2, -0.15) is 0 Å². The number of hydrogen-bond donors (Lipinski definition) is 2. The third kappa shape index (κ3) is 4.50. The summed E-state index contributed by atoms with van der Waals surface area (Å²) >= 11 is 7.81. The number of carboxylic acids is 1. The number of carboxylic acid groups (broad SMARTS) is 1. The highest BCUT2D eigenvalue weighted by Crippen LogP contribution is 2.43. The smallest absolute Gasteiger partial charge is 0.410 e. The summed E-state index contributed by atoms with van der Waals surface area (Å²) < 4.78 is 6.42. The number of piperidine rings is 1. The first-order chi connectivity index (χ1) is 15.0. The second-order valence-corrected chi connectivity index (χ2v) is 10.7. The number of thiophene rings is 1. The molecule has 0 radical (unpaired) electrons. The van der Waals surface area contributed by atoms with Crippen molar-refractivity contribution in [1.29, 1.82) is 0 Å². The Hall–Kier alpha value is -2.51. The van der Waals surface area contributed by atoms with E-state index in [1.54, 1.807) is 16.2 Å². The Morgan fingerprint density at radius 1 is 1.22 bits per heavy atom. The zero-order valence-electron chi connectivity index (χ0n) is 18.6. The molecule has 1 fully saturated rings. The highest BCUT2D eigenvalue weighted by Gasteiger charge is 2.30. The van der Waals surface area contributed by atoms with E-state index in [0.717, 1.165) is 39.7 Å². The number of carbonyl (C=O) groups excluding carboxylic acids is 1. The van der Waals surface area contributed by atoms with Crippen LogP contribution in [-0.2, 0) is 4.74 Å². The van der Waals surface area contributed by atoms with Crippen LogP contribution in [0.25, 0.3) is 21.3 Å². The van der Waals surface area contributed by atoms with E-state index in [-0.39, 0.29) is 17.7 Å². The van der Waals surface area contributed by atoms with Crippen molar-refractivity contribution in [3.05, 3.63) is 45.4 Å². The average molecular weight is 475 g/mol. The lowest BCUT2D eigenvalue weighted by atomic mass is 9.90. The predicted octanol–water partition coefficient (Wildman–Crippen LogP) is 6.67. The van der Waals surface area contributed by atoms with Gasteiger partial charge >= 0.3 is 12.1 Å². The van der Waals surface area contributed by atoms with Gasteiger partial charge in [-0.1, -0.05) is 17.7 Å². The summed E-state index contributed by atoms with van der Waals surface area (Å²) in [6, 6.07) is 5.62. The van der Waals surface area contributed by atoms with Crippen molar-refractivity contribution in [2.75, 3.05) is 13.1 Å². The van der Waals surface area contributed by atoms with Gasteiger partial charge in [-0.15, -0.1) is 11.3 Å². The van der Waals surface area contributed by atoms with Gasteiger partial charge in [-0.3, -0.25) is 0 Å². The molecule has 3 heterocycles. The maximum atomic E-state index is 12.4. The number of aromatic nitrogens is 1. The molecule has 4 rings (SSSR count). The monoisotopic (exact) mass is 474 g/mol. The van der Waals surface area contributed by atoms with Crippen LogP contribution in [0, 0.1) is 6.92 Å². The molecular weight excluding hydrogens is 448 g/mol. The van der Waals surface area contributed by atoms with Gasteiger partial charge in [0.1, 0.15) is 11.3 Å². The lowest BCUT2D eigenvalue weighted by Crippen LogP contribution is -2.41. The van der Waals surface area contributed by atoms with Crippen LogP contribution in [-0.4, -0.2) is 45.7 Å². The summed E-state index contributed by atoms with van der Waals surface area (Å²) in [6.07, 6.45) is 1.33. The fraction of sp³-hybridized carbons (Fsp3) is 0.417. The number of aromatic carboxylic acids is 1. The number of hydrogen-bond acceptors (Lipinski definition) is 4. The van der Waals surface area contributed by atoms with Crippen LogP contribution in [0.2, 0.25) is 5.02 Å². The van der Waals surface area contributed by atoms with E-state index in [0.29, 0.717) is 23.7 Å². The SMILES string of the molecule is Cc1cc(Cl)cc(-c2c(C(=O)O)[nH]c3c(C4CCN(C(=O)OC(C)(C)C)CC4)csc23)c1. The minimum Gasteiger partial charge on any atom is -0.477 e. The zero-order valence-corrected chi connectivity index (χ0v) is 20.2. The van der Waals surface area contributed by atoms with Crippen molar-refractivity contribution >= 4 is 45.2 Å². The Morgan fingerprint density at radius 2 is 1.91 bits per heavy atom. The number of H-pyrrole nitrogens is 1. The molecule has 1 amide bonds. The largest absolute Gasteiger partial charge is 0.477 e. The molecule has 1 saturated heterocycles. The third-order valence-corrected chi connectivity index (χ3v) is 6.91. The van der Waals surface area contributed by atoms with E-state index >= 15 is 0 Å². The van der Waals surface area contributed by atoms with E-state index in [2.05, 4.69) is 10.4 Å². The van der Waals surface area contributed by atoms with Crippen molar-refractivity contribution < 1.29 is 19.4 Å². The average Bonchev–Trinajstić information content (AvgIpc) is 3.25. The summed E-state index contributed by atoms with van der Waals surface area (Å²) in [5.41, 5.74) is 4.11. The van der Waals surface area contributed by atoms with Crippen LogP contribution in [0.3, 0.4) is 0 Å². The van der Waals surface area contributed by atoms with Crippen LogP contribution in [0.1, 0.15) is 61.1 Å². The number of rotatable bonds is 3. The normalized spacial score (nSPS) is 15.3. The topological polar surface area (TPSA) is 82.6 Å². The lowest BCUT2D eigenvalue weighted by Gasteiger charge is -2.33. The van der Waals surface area contributed by atoms with Gasteiger partial charge in [0, 0.05) is 23.7 Å². The molecular formula is C24H27ClN2O4S. The molecule has 2 aromatic heterocycles. The number of amides is 1. The van der Waals surface area contributed by atoms with Crippen molar-refractivity contribution in [3.8, 4) is 11.1 Å². The molecule has 1 aliphatic heterocycles. The van der Waals surface area contributed by atoms with E-state index < -0.39 is 11.6 Å². The Labute approximate surface area is 196 Å². The van der Waals surface area contributed by atoms with E-state index in [9.17, 15) is 14.7 Å². The Morgan fingerprint density at radius 3 is 2.50 bits per heavy atom. The maximum Gasteiger partial charge on any atom is 0.410 e. The molecule has 0 unspecified atom stereocenters. The van der Waals surface area contributed by atoms with E-state index in [4.69, 9.17) is 16.3 Å². The summed E-state index contributed by atoms with van der Waals surface area (Å²) in [5, 5.41) is 12.6. The van der Waals surface area contributed by atoms with E-state index in [1.807, 2.05) is 45.9 Å². The highest BCUT2D eigenvalue weighted by molar-refractivity contribution is 7.18. The fourth-order valence-electron chi connectivity index (χ4n) is 4.30. The molecule has 0 aliphatic carbocycles. The van der Waals surface area contributed by atoms with Gasteiger partial charge in [0.25, 0.3) is 0 Å². The Bertz CT molecular complexity index is 1160. The maximum absolute atomic E-state index is 12.4. The van der Waals surface area contributed by atoms with Gasteiger partial charge in [0.2, 0.25) is 0 Å². The van der Waals surface area contributed by atoms with Crippen LogP contribution in [0.15, 0.2) is 23.6 Å². The number of carbonyl (C=O) groups is 2. The third-order valence-electron chi connectivity index (χ3n) is 5.68. The summed E-state index contributed by atoms with van der Waals surface area (Å²) in [7, 11) is 0. The molecule has 170 valence electrons. The molecule has 6 nitrogen and oxygen atoms in total. The first-order valence-corrected chi connectivity index (χ1v) is 11.9. The first kappa shape index (κ1) is 22.7. The summed E-state index contributed by atoms with van der Waals surface area (Å²) in [4.78, 5) is 29.3. The van der Waals surface area contributed by atoms with Crippen molar-refractivity contribution in [2.45, 2.75) is 52.1 Å². The lowest BCUT2D eigenvalue weighted by molar-refractivity contribution is 0.0205. The van der Waals surface area contributed by atoms with Crippen LogP contribution in [0.4, 0.5) is 4.79 Å². The molecule has 0 atom stereocenters. The van der Waals surface area contributed by atoms with Gasteiger partial charge in [0.05, 0.1) is 10.2 Å². The number of aryl methyl sites for hydroxylation is 1. The minimum absolute atomic E-state index is 0.181. The minimum atomic E-state index is -0.994. The molecule has 8 heteroatoms.